The van der Waals surface area contributed by atoms with Gasteiger partial charge in [0.15, 0.2) is 0 Å². The fraction of sp³-hybridized carbons (Fsp3) is 0.438. The number of benzene rings is 1. The number of methoxy groups -OCH3 is 1. The zero-order valence-corrected chi connectivity index (χ0v) is 13.9. The second-order valence-electron chi connectivity index (χ2n) is 5.32. The number of ether oxygens (including phenoxy) is 1. The van der Waals surface area contributed by atoms with E-state index in [-0.39, 0.29) is 12.1 Å². The number of thiazole rings is 1. The number of aromatic nitrogens is 1. The lowest BCUT2D eigenvalue weighted by molar-refractivity contribution is 0.207. The Kier molecular flexibility index (Phi) is 5.33. The van der Waals surface area contributed by atoms with Gasteiger partial charge in [-0.2, -0.15) is 0 Å². The first kappa shape index (κ1) is 15.9. The molecule has 2 N–H and O–H groups in total. The van der Waals surface area contributed by atoms with Crippen LogP contribution in [0.4, 0.5) is 0 Å². The number of nitrogens with two attached hydrogens (primary N) is 1. The molecule has 2 atom stereocenters. The summed E-state index contributed by atoms with van der Waals surface area (Å²) in [7, 11) is 3.80. The molecule has 2 rings (SSSR count). The molecule has 0 spiro atoms. The zero-order chi connectivity index (χ0) is 15.4. The van der Waals surface area contributed by atoms with E-state index in [0.717, 1.165) is 23.6 Å². The Morgan fingerprint density at radius 3 is 2.67 bits per heavy atom. The number of aryl methyl sites for hydroxylation is 1. The van der Waals surface area contributed by atoms with Crippen LogP contribution in [-0.2, 0) is 6.54 Å². The van der Waals surface area contributed by atoms with Gasteiger partial charge in [0, 0.05) is 23.0 Å². The maximum atomic E-state index is 6.25. The van der Waals surface area contributed by atoms with Crippen LogP contribution in [0.1, 0.15) is 29.1 Å². The summed E-state index contributed by atoms with van der Waals surface area (Å²) in [6.45, 7) is 4.91. The highest BCUT2D eigenvalue weighted by atomic mass is 32.1. The van der Waals surface area contributed by atoms with Crippen LogP contribution in [0.15, 0.2) is 29.8 Å². The van der Waals surface area contributed by atoms with Crippen molar-refractivity contribution in [2.24, 2.45) is 5.73 Å². The summed E-state index contributed by atoms with van der Waals surface area (Å²) >= 11 is 1.69. The smallest absolute Gasteiger partial charge is 0.123 e. The molecule has 0 saturated heterocycles. The standard InChI is InChI=1S/C16H23N3OS/c1-11(17)16(13-7-5-6-8-14(13)20-4)19(3)9-15-12(2)18-10-21-15/h5-8,10-11,16H,9,17H2,1-4H3. The van der Waals surface area contributed by atoms with Crippen molar-refractivity contribution >= 4 is 11.3 Å². The van der Waals surface area contributed by atoms with Gasteiger partial charge < -0.3 is 10.5 Å². The zero-order valence-electron chi connectivity index (χ0n) is 13.0. The van der Waals surface area contributed by atoms with Gasteiger partial charge in [0.2, 0.25) is 0 Å². The predicted octanol–water partition coefficient (Wildman–Crippen LogP) is 2.98. The lowest BCUT2D eigenvalue weighted by Gasteiger charge is -2.32. The summed E-state index contributed by atoms with van der Waals surface area (Å²) in [5.74, 6) is 0.882. The summed E-state index contributed by atoms with van der Waals surface area (Å²) < 4.78 is 5.49. The predicted molar refractivity (Wildman–Crippen MR) is 87.7 cm³/mol. The molecule has 0 bridgehead atoms. The minimum Gasteiger partial charge on any atom is -0.496 e. The minimum absolute atomic E-state index is 0.000437. The van der Waals surface area contributed by atoms with Crippen LogP contribution in [0, 0.1) is 6.92 Å². The molecule has 0 aliphatic rings. The van der Waals surface area contributed by atoms with Crippen molar-refractivity contribution in [3.63, 3.8) is 0 Å². The second-order valence-corrected chi connectivity index (χ2v) is 6.26. The first-order valence-electron chi connectivity index (χ1n) is 7.02. The van der Waals surface area contributed by atoms with Gasteiger partial charge in [-0.05, 0) is 27.0 Å². The molecular formula is C16H23N3OS. The summed E-state index contributed by atoms with van der Waals surface area (Å²) in [6, 6.07) is 8.17. The average molecular weight is 305 g/mol. The fourth-order valence-electron chi connectivity index (χ4n) is 2.64. The van der Waals surface area contributed by atoms with Crippen LogP contribution in [0.2, 0.25) is 0 Å². The van der Waals surface area contributed by atoms with E-state index in [1.165, 1.54) is 4.88 Å². The van der Waals surface area contributed by atoms with Crippen molar-refractivity contribution in [3.05, 3.63) is 45.9 Å². The number of hydrogen-bond acceptors (Lipinski definition) is 5. The van der Waals surface area contributed by atoms with Crippen LogP contribution in [0.25, 0.3) is 0 Å². The minimum atomic E-state index is -0.000437. The molecule has 1 heterocycles. The van der Waals surface area contributed by atoms with E-state index < -0.39 is 0 Å². The molecule has 0 aliphatic heterocycles. The first-order valence-corrected chi connectivity index (χ1v) is 7.90. The molecular weight excluding hydrogens is 282 g/mol. The lowest BCUT2D eigenvalue weighted by atomic mass is 9.98. The summed E-state index contributed by atoms with van der Waals surface area (Å²) in [4.78, 5) is 7.86. The molecule has 2 unspecified atom stereocenters. The quantitative estimate of drug-likeness (QED) is 0.891. The van der Waals surface area contributed by atoms with Crippen LogP contribution in [0.5, 0.6) is 5.75 Å². The second kappa shape index (κ2) is 7.02. The Balaban J connectivity index is 2.28. The number of likely N-dealkylation sites (N-methyl/N-ethyl adjacent to an activating group) is 1. The topological polar surface area (TPSA) is 51.4 Å². The Labute approximate surface area is 130 Å². The molecule has 0 saturated carbocycles. The third kappa shape index (κ3) is 3.61. The van der Waals surface area contributed by atoms with E-state index in [0.29, 0.717) is 0 Å². The van der Waals surface area contributed by atoms with E-state index in [4.69, 9.17) is 10.5 Å². The first-order chi connectivity index (χ1) is 10.0. The largest absolute Gasteiger partial charge is 0.496 e. The van der Waals surface area contributed by atoms with Gasteiger partial charge in [-0.3, -0.25) is 4.90 Å². The van der Waals surface area contributed by atoms with Crippen molar-refractivity contribution in [1.29, 1.82) is 0 Å². The molecule has 2 aromatic rings. The van der Waals surface area contributed by atoms with Gasteiger partial charge >= 0.3 is 0 Å². The van der Waals surface area contributed by atoms with Gasteiger partial charge in [0.25, 0.3) is 0 Å². The molecule has 21 heavy (non-hydrogen) atoms. The summed E-state index contributed by atoms with van der Waals surface area (Å²) in [5, 5.41) is 0. The highest BCUT2D eigenvalue weighted by molar-refractivity contribution is 7.09. The van der Waals surface area contributed by atoms with Gasteiger partial charge in [-0.15, -0.1) is 11.3 Å². The number of hydrogen-bond donors (Lipinski definition) is 1. The Hall–Kier alpha value is -1.43. The molecule has 0 fully saturated rings. The maximum absolute atomic E-state index is 6.25. The third-order valence-electron chi connectivity index (χ3n) is 3.67. The summed E-state index contributed by atoms with van der Waals surface area (Å²) in [5.41, 5.74) is 10.4. The van der Waals surface area contributed by atoms with E-state index in [1.54, 1.807) is 18.4 Å². The number of nitrogens with zero attached hydrogens (tertiary/aromatic N) is 2. The fourth-order valence-corrected chi connectivity index (χ4v) is 3.48. The van der Waals surface area contributed by atoms with Crippen molar-refractivity contribution < 1.29 is 4.74 Å². The maximum Gasteiger partial charge on any atom is 0.123 e. The molecule has 0 radical (unpaired) electrons. The highest BCUT2D eigenvalue weighted by Crippen LogP contribution is 2.32. The molecule has 4 nitrogen and oxygen atoms in total. The number of rotatable bonds is 6. The van der Waals surface area contributed by atoms with E-state index in [9.17, 15) is 0 Å². The highest BCUT2D eigenvalue weighted by Gasteiger charge is 2.25. The Bertz CT molecular complexity index is 582. The van der Waals surface area contributed by atoms with Gasteiger partial charge in [-0.25, -0.2) is 4.98 Å². The summed E-state index contributed by atoms with van der Waals surface area (Å²) in [6.07, 6.45) is 0. The van der Waals surface area contributed by atoms with Crippen molar-refractivity contribution in [1.82, 2.24) is 9.88 Å². The molecule has 114 valence electrons. The van der Waals surface area contributed by atoms with Gasteiger partial charge in [0.1, 0.15) is 5.75 Å². The van der Waals surface area contributed by atoms with E-state index in [1.807, 2.05) is 37.6 Å². The van der Waals surface area contributed by atoms with Crippen molar-refractivity contribution in [3.8, 4) is 5.75 Å². The number of para-hydroxylation sites is 1. The Morgan fingerprint density at radius 1 is 1.38 bits per heavy atom. The van der Waals surface area contributed by atoms with Crippen molar-refractivity contribution in [2.75, 3.05) is 14.2 Å². The van der Waals surface area contributed by atoms with Crippen LogP contribution >= 0.6 is 11.3 Å². The molecule has 1 aromatic heterocycles. The van der Waals surface area contributed by atoms with Gasteiger partial charge in [0.05, 0.1) is 24.4 Å². The van der Waals surface area contributed by atoms with Crippen LogP contribution < -0.4 is 10.5 Å². The lowest BCUT2D eigenvalue weighted by Crippen LogP contribution is -2.37. The van der Waals surface area contributed by atoms with E-state index in [2.05, 4.69) is 23.0 Å². The van der Waals surface area contributed by atoms with Crippen LogP contribution in [0.3, 0.4) is 0 Å². The molecule has 0 aliphatic carbocycles. The van der Waals surface area contributed by atoms with Gasteiger partial charge in [-0.1, -0.05) is 18.2 Å². The monoisotopic (exact) mass is 305 g/mol. The average Bonchev–Trinajstić information content (AvgIpc) is 2.84. The normalized spacial score (nSPS) is 14.2. The third-order valence-corrected chi connectivity index (χ3v) is 4.59. The van der Waals surface area contributed by atoms with Crippen LogP contribution in [-0.4, -0.2) is 30.1 Å². The Morgan fingerprint density at radius 2 is 2.10 bits per heavy atom. The van der Waals surface area contributed by atoms with E-state index >= 15 is 0 Å². The SMILES string of the molecule is COc1ccccc1C(C(C)N)N(C)Cc1scnc1C. The van der Waals surface area contributed by atoms with Crippen molar-refractivity contribution in [2.45, 2.75) is 32.5 Å². The molecule has 0 amide bonds. The molecule has 1 aromatic carbocycles. The molecule has 5 heteroatoms.